The fraction of sp³-hybridized carbons (Fsp3) is 0.481. The van der Waals surface area contributed by atoms with Crippen LogP contribution in [0, 0.1) is 5.92 Å². The van der Waals surface area contributed by atoms with Crippen molar-refractivity contribution in [2.75, 3.05) is 30.4 Å². The summed E-state index contributed by atoms with van der Waals surface area (Å²) in [5.74, 6) is 0.950. The number of ether oxygens (including phenoxy) is 2. The maximum absolute atomic E-state index is 13.5. The summed E-state index contributed by atoms with van der Waals surface area (Å²) in [6.45, 7) is 6.94. The van der Waals surface area contributed by atoms with E-state index in [1.54, 1.807) is 23.1 Å². The third-order valence-electron chi connectivity index (χ3n) is 6.06. The largest absolute Gasteiger partial charge is 0.454 e. The van der Waals surface area contributed by atoms with E-state index in [1.165, 1.54) is 4.31 Å². The van der Waals surface area contributed by atoms with Gasteiger partial charge in [-0.25, -0.2) is 8.42 Å². The summed E-state index contributed by atoms with van der Waals surface area (Å²) >= 11 is 0. The maximum atomic E-state index is 13.5. The van der Waals surface area contributed by atoms with Gasteiger partial charge in [-0.15, -0.1) is 0 Å². The molecule has 0 fully saturated rings. The maximum Gasteiger partial charge on any atom is 0.242 e. The molecule has 3 rings (SSSR count). The molecule has 2 aromatic rings. The zero-order valence-corrected chi connectivity index (χ0v) is 22.8. The van der Waals surface area contributed by atoms with Gasteiger partial charge in [-0.1, -0.05) is 51.1 Å². The summed E-state index contributed by atoms with van der Waals surface area (Å²) in [4.78, 5) is 28.1. The summed E-state index contributed by atoms with van der Waals surface area (Å²) in [5.41, 5.74) is 1.36. The summed E-state index contributed by atoms with van der Waals surface area (Å²) in [6.07, 6.45) is 1.98. The predicted molar refractivity (Wildman–Crippen MR) is 143 cm³/mol. The molecule has 1 N–H and O–H groups in total. The zero-order valence-electron chi connectivity index (χ0n) is 22.0. The lowest BCUT2D eigenvalue weighted by Gasteiger charge is -2.31. The van der Waals surface area contributed by atoms with Crippen molar-refractivity contribution >= 4 is 27.5 Å². The predicted octanol–water partition coefficient (Wildman–Crippen LogP) is 3.54. The van der Waals surface area contributed by atoms with E-state index < -0.39 is 16.1 Å². The fourth-order valence-corrected chi connectivity index (χ4v) is 5.12. The van der Waals surface area contributed by atoms with E-state index in [0.717, 1.165) is 11.8 Å². The molecule has 1 atom stereocenters. The molecule has 0 aliphatic carbocycles. The number of nitrogens with zero attached hydrogens (tertiary/aromatic N) is 2. The lowest BCUT2D eigenvalue weighted by atomic mass is 10.1. The van der Waals surface area contributed by atoms with Crippen LogP contribution in [-0.4, -0.2) is 57.3 Å². The Morgan fingerprint density at radius 1 is 1.05 bits per heavy atom. The van der Waals surface area contributed by atoms with Gasteiger partial charge in [0.05, 0.1) is 11.9 Å². The van der Waals surface area contributed by atoms with Gasteiger partial charge in [0.2, 0.25) is 28.6 Å². The monoisotopic (exact) mass is 531 g/mol. The van der Waals surface area contributed by atoms with Gasteiger partial charge in [-0.2, -0.15) is 0 Å². The Balaban J connectivity index is 1.73. The highest BCUT2D eigenvalue weighted by molar-refractivity contribution is 7.92. The number of fused-ring (bicyclic) bond motifs is 1. The number of sulfonamides is 1. The minimum absolute atomic E-state index is 0.0900. The van der Waals surface area contributed by atoms with Crippen molar-refractivity contribution in [1.29, 1.82) is 0 Å². The van der Waals surface area contributed by atoms with Crippen molar-refractivity contribution in [3.63, 3.8) is 0 Å². The molecule has 202 valence electrons. The summed E-state index contributed by atoms with van der Waals surface area (Å²) in [6, 6.07) is 13.9. The molecule has 0 bridgehead atoms. The van der Waals surface area contributed by atoms with Gasteiger partial charge in [-0.05, 0) is 36.5 Å². The summed E-state index contributed by atoms with van der Waals surface area (Å²) in [5, 5.41) is 2.95. The van der Waals surface area contributed by atoms with E-state index in [4.69, 9.17) is 9.47 Å². The van der Waals surface area contributed by atoms with Crippen LogP contribution in [0.1, 0.15) is 45.6 Å². The van der Waals surface area contributed by atoms with E-state index in [9.17, 15) is 18.0 Å². The average molecular weight is 532 g/mol. The number of amides is 2. The highest BCUT2D eigenvalue weighted by Gasteiger charge is 2.29. The highest BCUT2D eigenvalue weighted by atomic mass is 32.2. The van der Waals surface area contributed by atoms with E-state index >= 15 is 0 Å². The van der Waals surface area contributed by atoms with Gasteiger partial charge in [0.15, 0.2) is 11.5 Å². The molecule has 10 heteroatoms. The number of rotatable bonds is 13. The third kappa shape index (κ3) is 7.85. The highest BCUT2D eigenvalue weighted by Crippen LogP contribution is 2.36. The number of hydrogen-bond donors (Lipinski definition) is 1. The Morgan fingerprint density at radius 3 is 2.41 bits per heavy atom. The quantitative estimate of drug-likeness (QED) is 0.424. The molecule has 2 aromatic carbocycles. The Kier molecular flexibility index (Phi) is 9.79. The van der Waals surface area contributed by atoms with Gasteiger partial charge in [0.1, 0.15) is 6.04 Å². The molecule has 0 aromatic heterocycles. The van der Waals surface area contributed by atoms with Crippen molar-refractivity contribution in [1.82, 2.24) is 10.2 Å². The lowest BCUT2D eigenvalue weighted by Crippen LogP contribution is -2.49. The normalized spacial score (nSPS) is 13.3. The molecular formula is C27H37N3O6S. The number of nitrogens with one attached hydrogen (secondary N) is 1. The van der Waals surface area contributed by atoms with Crippen LogP contribution in [0.15, 0.2) is 48.5 Å². The Bertz CT molecular complexity index is 1170. The van der Waals surface area contributed by atoms with E-state index in [0.29, 0.717) is 36.7 Å². The second-order valence-electron chi connectivity index (χ2n) is 9.55. The summed E-state index contributed by atoms with van der Waals surface area (Å²) in [7, 11) is -3.60. The molecule has 0 radical (unpaired) electrons. The van der Waals surface area contributed by atoms with Crippen LogP contribution in [-0.2, 0) is 26.2 Å². The smallest absolute Gasteiger partial charge is 0.242 e. The zero-order chi connectivity index (χ0) is 27.0. The van der Waals surface area contributed by atoms with Gasteiger partial charge >= 0.3 is 0 Å². The van der Waals surface area contributed by atoms with Crippen LogP contribution in [0.4, 0.5) is 5.69 Å². The minimum atomic E-state index is -3.60. The second-order valence-corrected chi connectivity index (χ2v) is 11.5. The number of carbonyl (C=O) groups is 2. The molecule has 9 nitrogen and oxygen atoms in total. The lowest BCUT2D eigenvalue weighted by molar-refractivity contribution is -0.141. The van der Waals surface area contributed by atoms with Crippen LogP contribution in [0.2, 0.25) is 0 Å². The molecule has 1 aliphatic rings. The minimum Gasteiger partial charge on any atom is -0.454 e. The van der Waals surface area contributed by atoms with Gasteiger partial charge in [0, 0.05) is 32.1 Å². The number of benzene rings is 2. The van der Waals surface area contributed by atoms with Crippen LogP contribution in [0.25, 0.3) is 0 Å². The molecule has 0 unspecified atom stereocenters. The van der Waals surface area contributed by atoms with Gasteiger partial charge in [0.25, 0.3) is 0 Å². The molecular weight excluding hydrogens is 494 g/mol. The van der Waals surface area contributed by atoms with Crippen molar-refractivity contribution in [3.05, 3.63) is 54.1 Å². The molecule has 37 heavy (non-hydrogen) atoms. The first-order chi connectivity index (χ1) is 17.6. The number of hydrogen-bond acceptors (Lipinski definition) is 6. The third-order valence-corrected chi connectivity index (χ3v) is 7.26. The van der Waals surface area contributed by atoms with Crippen LogP contribution in [0.5, 0.6) is 11.5 Å². The van der Waals surface area contributed by atoms with E-state index in [-0.39, 0.29) is 43.9 Å². The van der Waals surface area contributed by atoms with Gasteiger partial charge < -0.3 is 19.7 Å². The molecule has 0 saturated carbocycles. The number of anilines is 1. The first kappa shape index (κ1) is 28.3. The Morgan fingerprint density at radius 2 is 1.76 bits per heavy atom. The average Bonchev–Trinajstić information content (AvgIpc) is 3.33. The standard InChI is InChI=1S/C27H37N3O6S/c1-5-23(27(32)28-17-20(2)3)29(18-21-10-7-6-8-11-21)26(31)12-9-15-30(37(4,33)34)22-13-14-24-25(16-22)36-19-35-24/h6-8,10-11,13-14,16,20,23H,5,9,12,15,17-19H2,1-4H3,(H,28,32)/t23-/m0/s1. The van der Waals surface area contributed by atoms with Crippen molar-refractivity contribution in [2.45, 2.75) is 52.6 Å². The SMILES string of the molecule is CC[C@@H](C(=O)NCC(C)C)N(Cc1ccccc1)C(=O)CCCN(c1ccc2c(c1)OCO2)S(C)(=O)=O. The molecule has 1 aliphatic heterocycles. The number of carbonyl (C=O) groups excluding carboxylic acids is 2. The molecule has 0 spiro atoms. The Labute approximate surface area is 219 Å². The van der Waals surface area contributed by atoms with Gasteiger partial charge in [-0.3, -0.25) is 13.9 Å². The summed E-state index contributed by atoms with van der Waals surface area (Å²) < 4.78 is 37.1. The first-order valence-corrected chi connectivity index (χ1v) is 14.4. The van der Waals surface area contributed by atoms with Crippen molar-refractivity contribution in [2.24, 2.45) is 5.92 Å². The van der Waals surface area contributed by atoms with Crippen LogP contribution in [0.3, 0.4) is 0 Å². The van der Waals surface area contributed by atoms with E-state index in [2.05, 4.69) is 5.32 Å². The fourth-order valence-electron chi connectivity index (χ4n) is 4.17. The van der Waals surface area contributed by atoms with Crippen molar-refractivity contribution < 1.29 is 27.5 Å². The Hall–Kier alpha value is -3.27. The van der Waals surface area contributed by atoms with E-state index in [1.807, 2.05) is 51.1 Å². The van der Waals surface area contributed by atoms with Crippen molar-refractivity contribution in [3.8, 4) is 11.5 Å². The molecule has 2 amide bonds. The molecule has 1 heterocycles. The van der Waals surface area contributed by atoms with Crippen LogP contribution < -0.4 is 19.1 Å². The second kappa shape index (κ2) is 12.8. The topological polar surface area (TPSA) is 105 Å². The first-order valence-electron chi connectivity index (χ1n) is 12.6. The van der Waals surface area contributed by atoms with Crippen LogP contribution >= 0.6 is 0 Å². The molecule has 0 saturated heterocycles.